The summed E-state index contributed by atoms with van der Waals surface area (Å²) in [6.07, 6.45) is 5.49. The van der Waals surface area contributed by atoms with Crippen LogP contribution < -0.4 is 4.74 Å². The summed E-state index contributed by atoms with van der Waals surface area (Å²) in [6, 6.07) is 9.83. The fraction of sp³-hybridized carbons (Fsp3) is 0.261. The molecule has 0 unspecified atom stereocenters. The van der Waals surface area contributed by atoms with Crippen LogP contribution in [0.5, 0.6) is 5.75 Å². The molecule has 6 nitrogen and oxygen atoms in total. The average molecular weight is 394 g/mol. The van der Waals surface area contributed by atoms with Crippen molar-refractivity contribution in [3.63, 3.8) is 0 Å². The topological polar surface area (TPSA) is 78.9 Å². The number of terminal acetylenes is 1. The average Bonchev–Trinajstić information content (AvgIpc) is 2.72. The van der Waals surface area contributed by atoms with E-state index in [9.17, 15) is 14.4 Å². The number of rotatable bonds is 6. The van der Waals surface area contributed by atoms with Gasteiger partial charge in [0.2, 0.25) is 0 Å². The molecule has 0 saturated heterocycles. The molecule has 0 radical (unpaired) electrons. The van der Waals surface area contributed by atoms with Gasteiger partial charge in [0.25, 0.3) is 0 Å². The molecule has 0 saturated carbocycles. The van der Waals surface area contributed by atoms with Crippen LogP contribution in [0.4, 0.5) is 0 Å². The summed E-state index contributed by atoms with van der Waals surface area (Å²) >= 11 is 0. The summed E-state index contributed by atoms with van der Waals surface area (Å²) in [4.78, 5) is 36.7. The second kappa shape index (κ2) is 8.61. The summed E-state index contributed by atoms with van der Waals surface area (Å²) in [5.74, 6) is 0.991. The normalized spacial score (nSPS) is 10.6. The van der Waals surface area contributed by atoms with E-state index < -0.39 is 17.5 Å². The van der Waals surface area contributed by atoms with E-state index in [1.165, 1.54) is 21.1 Å². The lowest BCUT2D eigenvalue weighted by molar-refractivity contribution is 0.0547. The molecule has 0 N–H and O–H groups in total. The van der Waals surface area contributed by atoms with Gasteiger partial charge in [-0.2, -0.15) is 0 Å². The zero-order valence-corrected chi connectivity index (χ0v) is 17.0. The molecular weight excluding hydrogens is 372 g/mol. The molecule has 6 heteroatoms. The number of hydrogen-bond acceptors (Lipinski definition) is 6. The molecule has 29 heavy (non-hydrogen) atoms. The van der Waals surface area contributed by atoms with Gasteiger partial charge in [0, 0.05) is 5.56 Å². The van der Waals surface area contributed by atoms with Gasteiger partial charge in [0.1, 0.15) is 11.3 Å². The van der Waals surface area contributed by atoms with Gasteiger partial charge in [-0.3, -0.25) is 4.79 Å². The summed E-state index contributed by atoms with van der Waals surface area (Å²) in [7, 11) is 2.42. The smallest absolute Gasteiger partial charge is 0.342 e. The largest absolute Gasteiger partial charge is 0.474 e. The van der Waals surface area contributed by atoms with Crippen molar-refractivity contribution in [2.24, 2.45) is 0 Å². The third-order valence-electron chi connectivity index (χ3n) is 4.26. The molecule has 0 bridgehead atoms. The summed E-state index contributed by atoms with van der Waals surface area (Å²) in [5, 5.41) is 0. The van der Waals surface area contributed by atoms with Crippen molar-refractivity contribution in [3.8, 4) is 29.2 Å². The van der Waals surface area contributed by atoms with Gasteiger partial charge in [0.15, 0.2) is 11.4 Å². The maximum absolute atomic E-state index is 12.6. The van der Waals surface area contributed by atoms with E-state index in [4.69, 9.17) is 20.6 Å². The first-order valence-electron chi connectivity index (χ1n) is 8.77. The third-order valence-corrected chi connectivity index (χ3v) is 4.26. The van der Waals surface area contributed by atoms with Crippen molar-refractivity contribution in [2.45, 2.75) is 26.4 Å². The Morgan fingerprint density at radius 1 is 0.897 bits per heavy atom. The SMILES string of the molecule is C#CC(C)(C)Oc1ccc(-c2ccc(C(C)=O)cc2)c(C(=O)OC)c1C(=O)OC. The fourth-order valence-electron chi connectivity index (χ4n) is 2.72. The Morgan fingerprint density at radius 3 is 1.93 bits per heavy atom. The fourth-order valence-corrected chi connectivity index (χ4v) is 2.72. The molecule has 2 aromatic carbocycles. The van der Waals surface area contributed by atoms with Crippen LogP contribution in [-0.2, 0) is 9.47 Å². The molecule has 0 atom stereocenters. The number of esters is 2. The second-order valence-corrected chi connectivity index (χ2v) is 6.73. The summed E-state index contributed by atoms with van der Waals surface area (Å²) < 4.78 is 15.6. The number of hydrogen-bond donors (Lipinski definition) is 0. The molecule has 0 aromatic heterocycles. The van der Waals surface area contributed by atoms with Crippen molar-refractivity contribution >= 4 is 17.7 Å². The van der Waals surface area contributed by atoms with Gasteiger partial charge in [-0.1, -0.05) is 30.2 Å². The van der Waals surface area contributed by atoms with Crippen LogP contribution in [0.25, 0.3) is 11.1 Å². The minimum absolute atomic E-state index is 0.0137. The highest BCUT2D eigenvalue weighted by Gasteiger charge is 2.30. The summed E-state index contributed by atoms with van der Waals surface area (Å²) in [5.41, 5.74) is 0.441. The van der Waals surface area contributed by atoms with Gasteiger partial charge in [0.05, 0.1) is 19.8 Å². The number of methoxy groups -OCH3 is 2. The molecule has 2 aromatic rings. The molecule has 0 spiro atoms. The molecule has 150 valence electrons. The summed E-state index contributed by atoms with van der Waals surface area (Å²) in [6.45, 7) is 4.77. The monoisotopic (exact) mass is 394 g/mol. The van der Waals surface area contributed by atoms with Crippen molar-refractivity contribution < 1.29 is 28.6 Å². The van der Waals surface area contributed by atoms with E-state index in [0.29, 0.717) is 16.7 Å². The number of carbonyl (C=O) groups is 3. The highest BCUT2D eigenvalue weighted by Crippen LogP contribution is 2.35. The van der Waals surface area contributed by atoms with Crippen LogP contribution in [-0.4, -0.2) is 37.5 Å². The minimum atomic E-state index is -1.03. The van der Waals surface area contributed by atoms with E-state index in [1.54, 1.807) is 50.2 Å². The molecule has 0 amide bonds. The van der Waals surface area contributed by atoms with Crippen LogP contribution >= 0.6 is 0 Å². The number of benzene rings is 2. The second-order valence-electron chi connectivity index (χ2n) is 6.73. The van der Waals surface area contributed by atoms with Gasteiger partial charge in [-0.25, -0.2) is 9.59 Å². The maximum Gasteiger partial charge on any atom is 0.342 e. The molecule has 0 fully saturated rings. The molecule has 0 aliphatic heterocycles. The number of carbonyl (C=O) groups excluding carboxylic acids is 3. The Bertz CT molecular complexity index is 993. The molecule has 2 rings (SSSR count). The van der Waals surface area contributed by atoms with Crippen LogP contribution in [0, 0.1) is 12.3 Å². The maximum atomic E-state index is 12.6. The number of ketones is 1. The lowest BCUT2D eigenvalue weighted by Gasteiger charge is -2.23. The Hall–Kier alpha value is -3.59. The molecule has 0 aliphatic rings. The predicted molar refractivity (Wildman–Crippen MR) is 108 cm³/mol. The van der Waals surface area contributed by atoms with Crippen LogP contribution in [0.15, 0.2) is 36.4 Å². The zero-order valence-electron chi connectivity index (χ0n) is 17.0. The molecule has 0 heterocycles. The van der Waals surface area contributed by atoms with Crippen LogP contribution in [0.1, 0.15) is 51.8 Å². The molecule has 0 aliphatic carbocycles. The number of ether oxygens (including phenoxy) is 3. The lowest BCUT2D eigenvalue weighted by atomic mass is 9.93. The zero-order chi connectivity index (χ0) is 21.8. The Labute approximate surface area is 169 Å². The van der Waals surface area contributed by atoms with Gasteiger partial charge < -0.3 is 14.2 Å². The minimum Gasteiger partial charge on any atom is -0.474 e. The van der Waals surface area contributed by atoms with Crippen molar-refractivity contribution in [1.82, 2.24) is 0 Å². The standard InChI is InChI=1S/C23H22O6/c1-7-23(3,4)29-18-13-12-17(16-10-8-15(9-11-16)14(2)24)19(21(25)27-5)20(18)22(26)28-6/h1,8-13H,2-6H3. The van der Waals surface area contributed by atoms with Crippen molar-refractivity contribution in [1.29, 1.82) is 0 Å². The van der Waals surface area contributed by atoms with Crippen LogP contribution in [0.2, 0.25) is 0 Å². The van der Waals surface area contributed by atoms with Gasteiger partial charge in [-0.05, 0) is 44.0 Å². The van der Waals surface area contributed by atoms with E-state index in [0.717, 1.165) is 0 Å². The van der Waals surface area contributed by atoms with E-state index >= 15 is 0 Å². The number of Topliss-reactive ketones (excluding diaryl/α,β-unsaturated/α-hetero) is 1. The van der Waals surface area contributed by atoms with E-state index in [-0.39, 0.29) is 22.7 Å². The first-order chi connectivity index (χ1) is 13.6. The van der Waals surface area contributed by atoms with Gasteiger partial charge in [-0.15, -0.1) is 6.42 Å². The first kappa shape index (κ1) is 21.7. The van der Waals surface area contributed by atoms with E-state index in [1.807, 2.05) is 0 Å². The molecular formula is C23H22O6. The highest BCUT2D eigenvalue weighted by atomic mass is 16.5. The van der Waals surface area contributed by atoms with Crippen molar-refractivity contribution in [2.75, 3.05) is 14.2 Å². The van der Waals surface area contributed by atoms with Crippen LogP contribution in [0.3, 0.4) is 0 Å². The predicted octanol–water partition coefficient (Wildman–Crippen LogP) is 3.92. The van der Waals surface area contributed by atoms with E-state index in [2.05, 4.69) is 5.92 Å². The Kier molecular flexibility index (Phi) is 6.45. The Morgan fingerprint density at radius 2 is 1.45 bits per heavy atom. The lowest BCUT2D eigenvalue weighted by Crippen LogP contribution is -2.27. The Balaban J connectivity index is 2.78. The quantitative estimate of drug-likeness (QED) is 0.420. The van der Waals surface area contributed by atoms with Gasteiger partial charge >= 0.3 is 11.9 Å². The third kappa shape index (κ3) is 4.64. The highest BCUT2D eigenvalue weighted by molar-refractivity contribution is 6.09. The first-order valence-corrected chi connectivity index (χ1v) is 8.77. The van der Waals surface area contributed by atoms with Crippen molar-refractivity contribution in [3.05, 3.63) is 53.1 Å².